The number of rotatable bonds is 8. The van der Waals surface area contributed by atoms with Gasteiger partial charge in [0.15, 0.2) is 5.69 Å². The topological polar surface area (TPSA) is 110 Å². The molecule has 0 aliphatic carbocycles. The quantitative estimate of drug-likeness (QED) is 0.439. The number of carbonyl (C=O) groups excluding carboxylic acids is 3. The number of hydrogen-bond acceptors (Lipinski definition) is 7. The summed E-state index contributed by atoms with van der Waals surface area (Å²) in [6.45, 7) is 5.03. The van der Waals surface area contributed by atoms with E-state index in [1.807, 2.05) is 36.4 Å². The van der Waals surface area contributed by atoms with Crippen molar-refractivity contribution in [1.29, 1.82) is 0 Å². The van der Waals surface area contributed by atoms with Crippen molar-refractivity contribution in [2.75, 3.05) is 44.6 Å². The highest BCUT2D eigenvalue weighted by Gasteiger charge is 2.52. The van der Waals surface area contributed by atoms with Crippen LogP contribution in [0.1, 0.15) is 51.7 Å². The Labute approximate surface area is 222 Å². The van der Waals surface area contributed by atoms with Crippen LogP contribution in [0.15, 0.2) is 60.7 Å². The van der Waals surface area contributed by atoms with Crippen LogP contribution in [0.25, 0.3) is 0 Å². The van der Waals surface area contributed by atoms with Gasteiger partial charge in [-0.25, -0.2) is 9.78 Å². The molecule has 2 N–H and O–H groups in total. The van der Waals surface area contributed by atoms with Crippen molar-refractivity contribution >= 4 is 29.2 Å². The summed E-state index contributed by atoms with van der Waals surface area (Å²) in [6.07, 6.45) is 0. The molecule has 9 heteroatoms. The van der Waals surface area contributed by atoms with E-state index < -0.39 is 17.3 Å². The van der Waals surface area contributed by atoms with E-state index in [2.05, 4.69) is 34.4 Å². The molecule has 0 saturated carbocycles. The van der Waals surface area contributed by atoms with E-state index in [0.717, 1.165) is 16.8 Å². The van der Waals surface area contributed by atoms with Crippen LogP contribution >= 0.6 is 0 Å². The molecule has 2 amide bonds. The molecule has 0 spiro atoms. The third-order valence-corrected chi connectivity index (χ3v) is 6.88. The van der Waals surface area contributed by atoms with Gasteiger partial charge in [0.2, 0.25) is 11.8 Å². The molecule has 1 aliphatic heterocycles. The lowest BCUT2D eigenvalue weighted by Gasteiger charge is -2.51. The minimum absolute atomic E-state index is 0.0714. The van der Waals surface area contributed by atoms with Gasteiger partial charge < -0.3 is 25.0 Å². The number of aromatic nitrogens is 1. The molecule has 0 atom stereocenters. The van der Waals surface area contributed by atoms with E-state index in [9.17, 15) is 14.4 Å². The van der Waals surface area contributed by atoms with Gasteiger partial charge in [-0.15, -0.1) is 0 Å². The second-order valence-electron chi connectivity index (χ2n) is 9.50. The molecule has 1 aromatic heterocycles. The third-order valence-electron chi connectivity index (χ3n) is 6.88. The number of amides is 2. The predicted octanol–water partition coefficient (Wildman–Crippen LogP) is 3.76. The first-order valence-electron chi connectivity index (χ1n) is 12.4. The van der Waals surface area contributed by atoms with Crippen LogP contribution in [0.4, 0.5) is 11.4 Å². The van der Waals surface area contributed by atoms with Crippen LogP contribution in [0, 0.1) is 0 Å². The lowest BCUT2D eigenvalue weighted by atomic mass is 9.69. The van der Waals surface area contributed by atoms with Gasteiger partial charge in [-0.3, -0.25) is 9.59 Å². The van der Waals surface area contributed by atoms with Crippen LogP contribution in [0.2, 0.25) is 0 Å². The van der Waals surface area contributed by atoms with Gasteiger partial charge in [0.05, 0.1) is 25.5 Å². The van der Waals surface area contributed by atoms with Gasteiger partial charge >= 0.3 is 5.97 Å². The molecule has 1 aliphatic rings. The average molecular weight is 517 g/mol. The number of methoxy groups -OCH3 is 2. The first-order valence-corrected chi connectivity index (χ1v) is 12.4. The Morgan fingerprint density at radius 1 is 0.974 bits per heavy atom. The first kappa shape index (κ1) is 26.7. The monoisotopic (exact) mass is 516 g/mol. The summed E-state index contributed by atoms with van der Waals surface area (Å²) in [7, 11) is 4.32. The SMILES string of the molecule is CNC(=O)c1nc(OC)ccc1NC(=O)C1(c2ccccc2C(C)C)CN(c2ccc(C(=O)OC)cc2)C1. The molecule has 0 unspecified atom stereocenters. The fourth-order valence-electron chi connectivity index (χ4n) is 4.78. The number of nitrogens with one attached hydrogen (secondary N) is 2. The number of esters is 1. The Hall–Kier alpha value is -4.40. The van der Waals surface area contributed by atoms with Gasteiger partial charge in [-0.1, -0.05) is 38.1 Å². The second kappa shape index (κ2) is 10.9. The molecule has 2 aromatic carbocycles. The molecular weight excluding hydrogens is 484 g/mol. The predicted molar refractivity (Wildman–Crippen MR) is 145 cm³/mol. The smallest absolute Gasteiger partial charge is 0.337 e. The Balaban J connectivity index is 1.70. The van der Waals surface area contributed by atoms with E-state index in [0.29, 0.717) is 24.3 Å². The molecule has 0 bridgehead atoms. The molecule has 198 valence electrons. The number of anilines is 2. The number of hydrogen-bond donors (Lipinski definition) is 2. The van der Waals surface area contributed by atoms with E-state index in [1.165, 1.54) is 21.3 Å². The van der Waals surface area contributed by atoms with Crippen LogP contribution in [-0.2, 0) is 14.9 Å². The molecule has 1 fully saturated rings. The van der Waals surface area contributed by atoms with Crippen molar-refractivity contribution in [3.63, 3.8) is 0 Å². The zero-order valence-electron chi connectivity index (χ0n) is 22.2. The normalized spacial score (nSPS) is 13.9. The highest BCUT2D eigenvalue weighted by molar-refractivity contribution is 6.06. The maximum absolute atomic E-state index is 14.1. The average Bonchev–Trinajstić information content (AvgIpc) is 2.92. The second-order valence-corrected chi connectivity index (χ2v) is 9.50. The van der Waals surface area contributed by atoms with Crippen molar-refractivity contribution in [2.45, 2.75) is 25.2 Å². The number of ether oxygens (including phenoxy) is 2. The summed E-state index contributed by atoms with van der Waals surface area (Å²) in [5.74, 6) is -0.596. The molecule has 38 heavy (non-hydrogen) atoms. The first-order chi connectivity index (χ1) is 18.2. The maximum atomic E-state index is 14.1. The molecule has 1 saturated heterocycles. The van der Waals surface area contributed by atoms with Crippen molar-refractivity contribution in [1.82, 2.24) is 10.3 Å². The number of benzene rings is 2. The molecule has 9 nitrogen and oxygen atoms in total. The standard InChI is InChI=1S/C29H32N4O5/c1-18(2)21-8-6-7-9-22(21)29(16-33(17-29)20-12-10-19(11-13-20)27(35)38-5)28(36)31-23-14-15-24(37-4)32-25(23)26(34)30-3/h6-15,18H,16-17H2,1-5H3,(H,30,34)(H,31,36). The number of carbonyl (C=O) groups is 3. The van der Waals surface area contributed by atoms with E-state index in [1.54, 1.807) is 24.3 Å². The number of nitrogens with zero attached hydrogens (tertiary/aromatic N) is 2. The maximum Gasteiger partial charge on any atom is 0.337 e. The Morgan fingerprint density at radius 3 is 2.26 bits per heavy atom. The van der Waals surface area contributed by atoms with E-state index in [4.69, 9.17) is 9.47 Å². The van der Waals surface area contributed by atoms with Gasteiger partial charge in [-0.2, -0.15) is 0 Å². The molecular formula is C29H32N4O5. The van der Waals surface area contributed by atoms with Crippen LogP contribution in [0.3, 0.4) is 0 Å². The summed E-state index contributed by atoms with van der Waals surface area (Å²) in [6, 6.07) is 18.3. The highest BCUT2D eigenvalue weighted by Crippen LogP contribution is 2.42. The van der Waals surface area contributed by atoms with Crippen molar-refractivity contribution in [3.8, 4) is 5.88 Å². The van der Waals surface area contributed by atoms with Crippen molar-refractivity contribution in [3.05, 3.63) is 83.0 Å². The zero-order valence-corrected chi connectivity index (χ0v) is 22.2. The van der Waals surface area contributed by atoms with E-state index in [-0.39, 0.29) is 23.4 Å². The highest BCUT2D eigenvalue weighted by atomic mass is 16.5. The van der Waals surface area contributed by atoms with Crippen LogP contribution < -0.4 is 20.3 Å². The minimum Gasteiger partial charge on any atom is -0.481 e. The summed E-state index contributed by atoms with van der Waals surface area (Å²) < 4.78 is 9.97. The fourth-order valence-corrected chi connectivity index (χ4v) is 4.78. The number of pyridine rings is 1. The summed E-state index contributed by atoms with van der Waals surface area (Å²) in [5.41, 5.74) is 2.88. The molecule has 4 rings (SSSR count). The van der Waals surface area contributed by atoms with Crippen LogP contribution in [-0.4, -0.2) is 57.1 Å². The summed E-state index contributed by atoms with van der Waals surface area (Å²) in [5, 5.41) is 5.55. The molecule has 2 heterocycles. The molecule has 3 aromatic rings. The largest absolute Gasteiger partial charge is 0.481 e. The Kier molecular flexibility index (Phi) is 7.66. The summed E-state index contributed by atoms with van der Waals surface area (Å²) >= 11 is 0. The van der Waals surface area contributed by atoms with Crippen molar-refractivity contribution in [2.24, 2.45) is 0 Å². The fraction of sp³-hybridized carbons (Fsp3) is 0.310. The van der Waals surface area contributed by atoms with Crippen molar-refractivity contribution < 1.29 is 23.9 Å². The van der Waals surface area contributed by atoms with E-state index >= 15 is 0 Å². The zero-order chi connectivity index (χ0) is 27.4. The van der Waals surface area contributed by atoms with Gasteiger partial charge in [0, 0.05) is 31.9 Å². The minimum atomic E-state index is -0.873. The lowest BCUT2D eigenvalue weighted by Crippen LogP contribution is -2.65. The summed E-state index contributed by atoms with van der Waals surface area (Å²) in [4.78, 5) is 44.8. The lowest BCUT2D eigenvalue weighted by molar-refractivity contribution is -0.122. The van der Waals surface area contributed by atoms with Gasteiger partial charge in [-0.05, 0) is 47.4 Å². The Bertz CT molecular complexity index is 1350. The third kappa shape index (κ3) is 4.91. The van der Waals surface area contributed by atoms with Crippen LogP contribution in [0.5, 0.6) is 5.88 Å². The molecule has 0 radical (unpaired) electrons. The Morgan fingerprint density at radius 2 is 1.66 bits per heavy atom. The van der Waals surface area contributed by atoms with Gasteiger partial charge in [0.1, 0.15) is 5.41 Å². The van der Waals surface area contributed by atoms with Gasteiger partial charge in [0.25, 0.3) is 5.91 Å².